The number of fused-ring (bicyclic) bond motifs is 1. The minimum Gasteiger partial charge on any atom is -0.486 e. The molecule has 26 heavy (non-hydrogen) atoms. The van der Waals surface area contributed by atoms with E-state index in [4.69, 9.17) is 9.47 Å². The molecular formula is C21H24N2O3. The molecule has 1 atom stereocenters. The summed E-state index contributed by atoms with van der Waals surface area (Å²) < 4.78 is 11.3. The van der Waals surface area contributed by atoms with E-state index in [9.17, 15) is 4.79 Å². The van der Waals surface area contributed by atoms with Crippen LogP contribution in [-0.4, -0.2) is 37.1 Å². The Balaban J connectivity index is 1.38. The average molecular weight is 352 g/mol. The first-order valence-electron chi connectivity index (χ1n) is 9.24. The van der Waals surface area contributed by atoms with Crippen LogP contribution in [0.25, 0.3) is 0 Å². The van der Waals surface area contributed by atoms with Crippen molar-refractivity contribution in [1.82, 2.24) is 10.2 Å². The van der Waals surface area contributed by atoms with Crippen LogP contribution >= 0.6 is 0 Å². The molecule has 5 heteroatoms. The average Bonchev–Trinajstić information content (AvgIpc) is 3.15. The van der Waals surface area contributed by atoms with Gasteiger partial charge in [-0.05, 0) is 42.6 Å². The number of ether oxygens (including phenoxy) is 2. The van der Waals surface area contributed by atoms with E-state index in [1.807, 2.05) is 36.4 Å². The molecule has 2 aromatic rings. The minimum absolute atomic E-state index is 0.0679. The largest absolute Gasteiger partial charge is 0.486 e. The van der Waals surface area contributed by atoms with Gasteiger partial charge in [0, 0.05) is 12.6 Å². The number of carbonyl (C=O) groups excluding carboxylic acids is 1. The predicted octanol–water partition coefficient (Wildman–Crippen LogP) is 2.91. The van der Waals surface area contributed by atoms with Gasteiger partial charge in [0.05, 0.1) is 6.54 Å². The Morgan fingerprint density at radius 2 is 1.88 bits per heavy atom. The molecule has 0 saturated carbocycles. The molecular weight excluding hydrogens is 328 g/mol. The molecule has 0 spiro atoms. The molecule has 0 radical (unpaired) electrons. The summed E-state index contributed by atoms with van der Waals surface area (Å²) in [7, 11) is 0. The van der Waals surface area contributed by atoms with E-state index in [0.29, 0.717) is 26.3 Å². The molecule has 2 aliphatic rings. The summed E-state index contributed by atoms with van der Waals surface area (Å²) in [5.74, 6) is 1.69. The summed E-state index contributed by atoms with van der Waals surface area (Å²) in [4.78, 5) is 14.6. The standard InChI is InChI=1S/C21H24N2O3/c24-21(22-14-16-5-2-1-3-6-16)15-23-10-4-7-18(23)17-8-9-19-20(13-17)26-12-11-25-19/h1-3,5-6,8-9,13,18H,4,7,10-12,14-15H2,(H,22,24). The predicted molar refractivity (Wildman–Crippen MR) is 99.3 cm³/mol. The topological polar surface area (TPSA) is 50.8 Å². The Bertz CT molecular complexity index is 763. The van der Waals surface area contributed by atoms with Crippen LogP contribution < -0.4 is 14.8 Å². The molecule has 2 aliphatic heterocycles. The van der Waals surface area contributed by atoms with Crippen molar-refractivity contribution in [1.29, 1.82) is 0 Å². The van der Waals surface area contributed by atoms with Crippen LogP contribution in [0.3, 0.4) is 0 Å². The van der Waals surface area contributed by atoms with E-state index in [1.54, 1.807) is 0 Å². The molecule has 1 saturated heterocycles. The fraction of sp³-hybridized carbons (Fsp3) is 0.381. The van der Waals surface area contributed by atoms with Gasteiger partial charge >= 0.3 is 0 Å². The molecule has 1 fully saturated rings. The van der Waals surface area contributed by atoms with E-state index >= 15 is 0 Å². The second-order valence-electron chi connectivity index (χ2n) is 6.79. The van der Waals surface area contributed by atoms with Crippen molar-refractivity contribution in [3.8, 4) is 11.5 Å². The second-order valence-corrected chi connectivity index (χ2v) is 6.79. The van der Waals surface area contributed by atoms with Crippen molar-refractivity contribution in [2.24, 2.45) is 0 Å². The molecule has 0 aromatic heterocycles. The van der Waals surface area contributed by atoms with Crippen LogP contribution in [0.5, 0.6) is 11.5 Å². The number of hydrogen-bond donors (Lipinski definition) is 1. The van der Waals surface area contributed by atoms with E-state index in [0.717, 1.165) is 36.4 Å². The molecule has 2 heterocycles. The van der Waals surface area contributed by atoms with Crippen LogP contribution in [-0.2, 0) is 11.3 Å². The third kappa shape index (κ3) is 3.83. The molecule has 136 valence electrons. The number of nitrogens with one attached hydrogen (secondary N) is 1. The smallest absolute Gasteiger partial charge is 0.234 e. The highest BCUT2D eigenvalue weighted by atomic mass is 16.6. The molecule has 2 aromatic carbocycles. The molecule has 1 unspecified atom stereocenters. The third-order valence-corrected chi connectivity index (χ3v) is 4.99. The number of nitrogens with zero attached hydrogens (tertiary/aromatic N) is 1. The van der Waals surface area contributed by atoms with Gasteiger partial charge in [-0.25, -0.2) is 0 Å². The lowest BCUT2D eigenvalue weighted by atomic mass is 10.0. The van der Waals surface area contributed by atoms with Crippen LogP contribution in [0.1, 0.15) is 30.0 Å². The van der Waals surface area contributed by atoms with E-state index in [-0.39, 0.29) is 11.9 Å². The maximum absolute atomic E-state index is 12.4. The Kier molecular flexibility index (Phi) is 5.07. The number of likely N-dealkylation sites (tertiary alicyclic amines) is 1. The highest BCUT2D eigenvalue weighted by Gasteiger charge is 2.28. The lowest BCUT2D eigenvalue weighted by Crippen LogP contribution is -2.36. The van der Waals surface area contributed by atoms with Gasteiger partial charge in [-0.15, -0.1) is 0 Å². The summed E-state index contributed by atoms with van der Waals surface area (Å²) >= 11 is 0. The molecule has 4 rings (SSSR count). The Hall–Kier alpha value is -2.53. The van der Waals surface area contributed by atoms with Gasteiger partial charge in [0.2, 0.25) is 5.91 Å². The van der Waals surface area contributed by atoms with Crippen LogP contribution in [0.2, 0.25) is 0 Å². The van der Waals surface area contributed by atoms with Gasteiger partial charge in [-0.3, -0.25) is 9.69 Å². The Labute approximate surface area is 153 Å². The normalized spacial score (nSPS) is 19.3. The highest BCUT2D eigenvalue weighted by molar-refractivity contribution is 5.78. The van der Waals surface area contributed by atoms with Gasteiger partial charge in [0.25, 0.3) is 0 Å². The zero-order valence-electron chi connectivity index (χ0n) is 14.8. The van der Waals surface area contributed by atoms with Crippen LogP contribution in [0, 0.1) is 0 Å². The van der Waals surface area contributed by atoms with Gasteiger partial charge < -0.3 is 14.8 Å². The number of carbonyl (C=O) groups is 1. The summed E-state index contributed by atoms with van der Waals surface area (Å²) in [6.45, 7) is 3.13. The highest BCUT2D eigenvalue weighted by Crippen LogP contribution is 2.37. The van der Waals surface area contributed by atoms with Crippen molar-refractivity contribution < 1.29 is 14.3 Å². The maximum atomic E-state index is 12.4. The fourth-order valence-electron chi connectivity index (χ4n) is 3.70. The first kappa shape index (κ1) is 16.9. The second kappa shape index (κ2) is 7.79. The van der Waals surface area contributed by atoms with Gasteiger partial charge in [0.15, 0.2) is 11.5 Å². The number of rotatable bonds is 5. The monoisotopic (exact) mass is 352 g/mol. The van der Waals surface area contributed by atoms with Crippen molar-refractivity contribution in [2.45, 2.75) is 25.4 Å². The van der Waals surface area contributed by atoms with E-state index in [1.165, 1.54) is 5.56 Å². The zero-order valence-corrected chi connectivity index (χ0v) is 14.8. The third-order valence-electron chi connectivity index (χ3n) is 4.99. The van der Waals surface area contributed by atoms with Gasteiger partial charge in [-0.2, -0.15) is 0 Å². The molecule has 0 aliphatic carbocycles. The first-order valence-corrected chi connectivity index (χ1v) is 9.24. The van der Waals surface area contributed by atoms with Crippen molar-refractivity contribution in [2.75, 3.05) is 26.3 Å². The van der Waals surface area contributed by atoms with Gasteiger partial charge in [-0.1, -0.05) is 36.4 Å². The van der Waals surface area contributed by atoms with Crippen LogP contribution in [0.4, 0.5) is 0 Å². The molecule has 5 nitrogen and oxygen atoms in total. The quantitative estimate of drug-likeness (QED) is 0.899. The summed E-state index contributed by atoms with van der Waals surface area (Å²) in [5, 5.41) is 3.02. The summed E-state index contributed by atoms with van der Waals surface area (Å²) in [6.07, 6.45) is 2.16. The zero-order chi connectivity index (χ0) is 17.8. The van der Waals surface area contributed by atoms with Crippen molar-refractivity contribution >= 4 is 5.91 Å². The lowest BCUT2D eigenvalue weighted by molar-refractivity contribution is -0.122. The van der Waals surface area contributed by atoms with E-state index in [2.05, 4.69) is 22.3 Å². The minimum atomic E-state index is 0.0679. The summed E-state index contributed by atoms with van der Waals surface area (Å²) in [6, 6.07) is 16.4. The SMILES string of the molecule is O=C(CN1CCCC1c1ccc2c(c1)OCCO2)NCc1ccccc1. The molecule has 1 amide bonds. The number of amides is 1. The number of benzene rings is 2. The molecule has 0 bridgehead atoms. The van der Waals surface area contributed by atoms with Crippen molar-refractivity contribution in [3.05, 3.63) is 59.7 Å². The lowest BCUT2D eigenvalue weighted by Gasteiger charge is -2.26. The first-order chi connectivity index (χ1) is 12.8. The Morgan fingerprint density at radius 3 is 2.73 bits per heavy atom. The van der Waals surface area contributed by atoms with Crippen LogP contribution in [0.15, 0.2) is 48.5 Å². The summed E-state index contributed by atoms with van der Waals surface area (Å²) in [5.41, 5.74) is 2.31. The maximum Gasteiger partial charge on any atom is 0.234 e. The fourth-order valence-corrected chi connectivity index (χ4v) is 3.70. The van der Waals surface area contributed by atoms with Crippen molar-refractivity contribution in [3.63, 3.8) is 0 Å². The van der Waals surface area contributed by atoms with Gasteiger partial charge in [0.1, 0.15) is 13.2 Å². The Morgan fingerprint density at radius 1 is 1.08 bits per heavy atom. The molecule has 1 N–H and O–H groups in total. The van der Waals surface area contributed by atoms with E-state index < -0.39 is 0 Å². The number of hydrogen-bond acceptors (Lipinski definition) is 4.